The smallest absolute Gasteiger partial charge is 0.229 e. The molecule has 1 fully saturated rings. The molecule has 2 aromatic rings. The van der Waals surface area contributed by atoms with Crippen molar-refractivity contribution in [3.8, 4) is 11.9 Å². The Labute approximate surface area is 153 Å². The minimum atomic E-state index is 0.437. The fraction of sp³-hybridized carbons (Fsp3) is 0.389. The van der Waals surface area contributed by atoms with Gasteiger partial charge in [-0.1, -0.05) is 0 Å². The number of anilines is 3. The standard InChI is InChI=1S/C18H23N7O/c1-12-7-17(22-11-19)25-18(23-12)24-14-3-4-16(26-2)13(8-14)9-21-15-5-6-20-10-15/h3-4,7-8,15,20-21H,5-6,9-10H2,1-2H3,(H2,22,23,24,25)/t15-/m1/s1. The number of nitrogens with one attached hydrogen (secondary N) is 4. The Morgan fingerprint density at radius 1 is 1.35 bits per heavy atom. The van der Waals surface area contributed by atoms with E-state index in [9.17, 15) is 0 Å². The van der Waals surface area contributed by atoms with E-state index in [2.05, 4.69) is 31.2 Å². The molecule has 8 nitrogen and oxygen atoms in total. The number of aromatic nitrogens is 2. The maximum Gasteiger partial charge on any atom is 0.229 e. The van der Waals surface area contributed by atoms with Gasteiger partial charge >= 0.3 is 0 Å². The quantitative estimate of drug-likeness (QED) is 0.442. The lowest BCUT2D eigenvalue weighted by molar-refractivity contribution is 0.405. The third kappa shape index (κ3) is 4.59. The normalized spacial score (nSPS) is 16.1. The Hall–Kier alpha value is -2.89. The molecule has 1 aliphatic rings. The van der Waals surface area contributed by atoms with Gasteiger partial charge in [0.05, 0.1) is 7.11 Å². The highest BCUT2D eigenvalue weighted by atomic mass is 16.5. The molecule has 26 heavy (non-hydrogen) atoms. The maximum atomic E-state index is 8.77. The Bertz CT molecular complexity index is 797. The third-order valence-electron chi connectivity index (χ3n) is 4.22. The molecule has 0 saturated carbocycles. The van der Waals surface area contributed by atoms with E-state index in [4.69, 9.17) is 10.00 Å². The zero-order valence-electron chi connectivity index (χ0n) is 15.0. The highest BCUT2D eigenvalue weighted by Crippen LogP contribution is 2.25. The first kappa shape index (κ1) is 17.9. The van der Waals surface area contributed by atoms with Crippen molar-refractivity contribution in [2.45, 2.75) is 25.9 Å². The van der Waals surface area contributed by atoms with E-state index in [0.717, 1.165) is 48.7 Å². The molecule has 0 radical (unpaired) electrons. The number of rotatable bonds is 7. The number of aryl methyl sites for hydroxylation is 1. The van der Waals surface area contributed by atoms with Gasteiger partial charge in [0.1, 0.15) is 11.6 Å². The van der Waals surface area contributed by atoms with E-state index < -0.39 is 0 Å². The molecule has 136 valence electrons. The van der Waals surface area contributed by atoms with E-state index in [1.807, 2.05) is 31.3 Å². The van der Waals surface area contributed by atoms with Crippen LogP contribution >= 0.6 is 0 Å². The van der Waals surface area contributed by atoms with Gasteiger partial charge in [0, 0.05) is 42.1 Å². The van der Waals surface area contributed by atoms with Crippen LogP contribution in [0.15, 0.2) is 24.3 Å². The predicted octanol–water partition coefficient (Wildman–Crippen LogP) is 1.88. The van der Waals surface area contributed by atoms with Crippen LogP contribution in [-0.2, 0) is 6.54 Å². The van der Waals surface area contributed by atoms with Gasteiger partial charge in [-0.05, 0) is 38.1 Å². The van der Waals surface area contributed by atoms with Crippen LogP contribution in [0.5, 0.6) is 5.75 Å². The highest BCUT2D eigenvalue weighted by Gasteiger charge is 2.14. The van der Waals surface area contributed by atoms with Crippen LogP contribution < -0.4 is 26.0 Å². The van der Waals surface area contributed by atoms with Gasteiger partial charge in [0.2, 0.25) is 5.95 Å². The summed E-state index contributed by atoms with van der Waals surface area (Å²) in [5.41, 5.74) is 2.69. The Morgan fingerprint density at radius 3 is 2.96 bits per heavy atom. The Kier molecular flexibility index (Phi) is 5.84. The molecule has 4 N–H and O–H groups in total. The van der Waals surface area contributed by atoms with Crippen LogP contribution in [0.2, 0.25) is 0 Å². The molecular weight excluding hydrogens is 330 g/mol. The number of nitrogens with zero attached hydrogens (tertiary/aromatic N) is 3. The van der Waals surface area contributed by atoms with Crippen LogP contribution in [0.1, 0.15) is 17.7 Å². The van der Waals surface area contributed by atoms with E-state index in [0.29, 0.717) is 17.8 Å². The first-order chi connectivity index (χ1) is 12.7. The fourth-order valence-corrected chi connectivity index (χ4v) is 2.95. The van der Waals surface area contributed by atoms with Crippen LogP contribution in [-0.4, -0.2) is 36.2 Å². The van der Waals surface area contributed by atoms with Crippen LogP contribution in [0.3, 0.4) is 0 Å². The van der Waals surface area contributed by atoms with Crippen LogP contribution in [0.4, 0.5) is 17.5 Å². The number of methoxy groups -OCH3 is 1. The number of benzene rings is 1. The molecule has 2 heterocycles. The molecule has 1 saturated heterocycles. The second-order valence-corrected chi connectivity index (χ2v) is 6.18. The third-order valence-corrected chi connectivity index (χ3v) is 4.22. The number of ether oxygens (including phenoxy) is 1. The van der Waals surface area contributed by atoms with Crippen molar-refractivity contribution in [2.75, 3.05) is 30.8 Å². The first-order valence-electron chi connectivity index (χ1n) is 8.57. The average Bonchev–Trinajstić information content (AvgIpc) is 3.13. The van der Waals surface area contributed by atoms with Crippen molar-refractivity contribution >= 4 is 17.5 Å². The lowest BCUT2D eigenvalue weighted by atomic mass is 10.1. The zero-order chi connectivity index (χ0) is 18.4. The summed E-state index contributed by atoms with van der Waals surface area (Å²) < 4.78 is 5.48. The summed E-state index contributed by atoms with van der Waals surface area (Å²) in [5.74, 6) is 1.74. The Balaban J connectivity index is 1.75. The summed E-state index contributed by atoms with van der Waals surface area (Å²) in [6.45, 7) is 4.63. The van der Waals surface area contributed by atoms with E-state index in [1.165, 1.54) is 0 Å². The molecule has 0 unspecified atom stereocenters. The van der Waals surface area contributed by atoms with Gasteiger partial charge in [-0.2, -0.15) is 10.2 Å². The molecule has 0 spiro atoms. The summed E-state index contributed by atoms with van der Waals surface area (Å²) in [6, 6.07) is 8.07. The van der Waals surface area contributed by atoms with Crippen molar-refractivity contribution in [2.24, 2.45) is 0 Å². The molecule has 3 rings (SSSR count). The molecule has 8 heteroatoms. The molecular formula is C18H23N7O. The second kappa shape index (κ2) is 8.47. The van der Waals surface area contributed by atoms with Gasteiger partial charge in [0.15, 0.2) is 6.19 Å². The number of hydrogen-bond acceptors (Lipinski definition) is 8. The minimum absolute atomic E-state index is 0.437. The predicted molar refractivity (Wildman–Crippen MR) is 100 cm³/mol. The number of nitriles is 1. The fourth-order valence-electron chi connectivity index (χ4n) is 2.95. The van der Waals surface area contributed by atoms with Crippen molar-refractivity contribution in [3.05, 3.63) is 35.5 Å². The largest absolute Gasteiger partial charge is 0.496 e. The molecule has 0 amide bonds. The summed E-state index contributed by atoms with van der Waals surface area (Å²) in [7, 11) is 1.67. The molecule has 1 aliphatic heterocycles. The Morgan fingerprint density at radius 2 is 2.23 bits per heavy atom. The lowest BCUT2D eigenvalue weighted by Crippen LogP contribution is -2.30. The van der Waals surface area contributed by atoms with E-state index in [-0.39, 0.29) is 0 Å². The second-order valence-electron chi connectivity index (χ2n) is 6.18. The molecule has 1 atom stereocenters. The highest BCUT2D eigenvalue weighted by molar-refractivity contribution is 5.59. The van der Waals surface area contributed by atoms with Crippen molar-refractivity contribution in [1.82, 2.24) is 20.6 Å². The summed E-state index contributed by atoms with van der Waals surface area (Å²) in [6.07, 6.45) is 3.00. The van der Waals surface area contributed by atoms with E-state index >= 15 is 0 Å². The summed E-state index contributed by atoms with van der Waals surface area (Å²) in [4.78, 5) is 8.65. The van der Waals surface area contributed by atoms with Crippen molar-refractivity contribution < 1.29 is 4.74 Å². The zero-order valence-corrected chi connectivity index (χ0v) is 15.0. The van der Waals surface area contributed by atoms with Gasteiger partial charge in [-0.3, -0.25) is 5.32 Å². The minimum Gasteiger partial charge on any atom is -0.496 e. The van der Waals surface area contributed by atoms with Crippen LogP contribution in [0.25, 0.3) is 0 Å². The maximum absolute atomic E-state index is 8.77. The SMILES string of the molecule is COc1ccc(Nc2nc(C)cc(NC#N)n2)cc1CN[C@@H]1CCNC1. The monoisotopic (exact) mass is 353 g/mol. The topological polar surface area (TPSA) is 107 Å². The molecule has 0 aliphatic carbocycles. The molecule has 1 aromatic heterocycles. The first-order valence-corrected chi connectivity index (χ1v) is 8.57. The molecule has 1 aromatic carbocycles. The lowest BCUT2D eigenvalue weighted by Gasteiger charge is -2.15. The summed E-state index contributed by atoms with van der Waals surface area (Å²) in [5, 5.41) is 21.4. The number of hydrogen-bond donors (Lipinski definition) is 4. The summed E-state index contributed by atoms with van der Waals surface area (Å²) >= 11 is 0. The van der Waals surface area contributed by atoms with Crippen molar-refractivity contribution in [3.63, 3.8) is 0 Å². The van der Waals surface area contributed by atoms with Gasteiger partial charge < -0.3 is 20.7 Å². The van der Waals surface area contributed by atoms with Crippen LogP contribution in [0, 0.1) is 18.4 Å². The molecule has 0 bridgehead atoms. The average molecular weight is 353 g/mol. The van der Waals surface area contributed by atoms with Gasteiger partial charge in [-0.25, -0.2) is 4.98 Å². The van der Waals surface area contributed by atoms with E-state index in [1.54, 1.807) is 13.2 Å². The van der Waals surface area contributed by atoms with Gasteiger partial charge in [-0.15, -0.1) is 0 Å². The van der Waals surface area contributed by atoms with Crippen molar-refractivity contribution in [1.29, 1.82) is 5.26 Å². The van der Waals surface area contributed by atoms with Gasteiger partial charge in [0.25, 0.3) is 0 Å².